The number of aromatic nitrogens is 4. The average molecular weight is 261 g/mol. The first kappa shape index (κ1) is 13.3. The lowest BCUT2D eigenvalue weighted by Gasteiger charge is -2.09. The average Bonchev–Trinajstić information content (AvgIpc) is 2.75. The van der Waals surface area contributed by atoms with Gasteiger partial charge >= 0.3 is 0 Å². The maximum Gasteiger partial charge on any atom is 0.182 e. The van der Waals surface area contributed by atoms with E-state index in [1.54, 1.807) is 10.7 Å². The maximum atomic E-state index is 5.89. The molecule has 0 saturated heterocycles. The standard InChI is InChI=1S/C13H19N5O/c1-4-19-12-6-10(5-11(14)7-12)13-15-16-17-18(13)8-9(2)3/h5-7,9H,4,8,14H2,1-3H3. The van der Waals surface area contributed by atoms with E-state index in [-0.39, 0.29) is 0 Å². The second kappa shape index (κ2) is 5.69. The van der Waals surface area contributed by atoms with Crippen LogP contribution in [0.3, 0.4) is 0 Å². The van der Waals surface area contributed by atoms with Gasteiger partial charge in [-0.3, -0.25) is 0 Å². The Balaban J connectivity index is 2.38. The van der Waals surface area contributed by atoms with Gasteiger partial charge in [0, 0.05) is 23.9 Å². The highest BCUT2D eigenvalue weighted by Gasteiger charge is 2.12. The molecular formula is C13H19N5O. The van der Waals surface area contributed by atoms with E-state index < -0.39 is 0 Å². The van der Waals surface area contributed by atoms with Crippen molar-refractivity contribution in [2.75, 3.05) is 12.3 Å². The molecule has 2 rings (SSSR count). The van der Waals surface area contributed by atoms with Crippen molar-refractivity contribution in [3.8, 4) is 17.1 Å². The Labute approximate surface area is 112 Å². The molecule has 0 spiro atoms. The molecule has 1 aromatic heterocycles. The van der Waals surface area contributed by atoms with Crippen molar-refractivity contribution in [1.29, 1.82) is 0 Å². The Kier molecular flexibility index (Phi) is 3.99. The molecule has 0 aliphatic heterocycles. The van der Waals surface area contributed by atoms with Gasteiger partial charge in [-0.15, -0.1) is 5.10 Å². The van der Waals surface area contributed by atoms with E-state index in [4.69, 9.17) is 10.5 Å². The summed E-state index contributed by atoms with van der Waals surface area (Å²) in [5.41, 5.74) is 7.40. The van der Waals surface area contributed by atoms with Crippen molar-refractivity contribution in [2.45, 2.75) is 27.3 Å². The van der Waals surface area contributed by atoms with Gasteiger partial charge in [-0.2, -0.15) is 0 Å². The van der Waals surface area contributed by atoms with Crippen LogP contribution < -0.4 is 10.5 Å². The number of ether oxygens (including phenoxy) is 1. The largest absolute Gasteiger partial charge is 0.494 e. The van der Waals surface area contributed by atoms with Crippen molar-refractivity contribution in [1.82, 2.24) is 20.2 Å². The number of tetrazole rings is 1. The second-order valence-corrected chi connectivity index (χ2v) is 4.80. The smallest absolute Gasteiger partial charge is 0.182 e. The molecule has 0 unspecified atom stereocenters. The molecule has 0 amide bonds. The summed E-state index contributed by atoms with van der Waals surface area (Å²) >= 11 is 0. The molecule has 1 heterocycles. The second-order valence-electron chi connectivity index (χ2n) is 4.80. The third kappa shape index (κ3) is 3.21. The van der Waals surface area contributed by atoms with E-state index in [0.29, 0.717) is 24.0 Å². The molecule has 2 N–H and O–H groups in total. The number of hydrogen-bond acceptors (Lipinski definition) is 5. The Hall–Kier alpha value is -2.11. The SMILES string of the molecule is CCOc1cc(N)cc(-c2nnnn2CC(C)C)c1. The number of nitrogens with zero attached hydrogens (tertiary/aromatic N) is 4. The highest BCUT2D eigenvalue weighted by atomic mass is 16.5. The van der Waals surface area contributed by atoms with E-state index >= 15 is 0 Å². The predicted molar refractivity (Wildman–Crippen MR) is 73.7 cm³/mol. The minimum Gasteiger partial charge on any atom is -0.494 e. The Bertz CT molecular complexity index is 550. The quantitative estimate of drug-likeness (QED) is 0.832. The molecule has 0 atom stereocenters. The molecule has 0 fully saturated rings. The van der Waals surface area contributed by atoms with Crippen LogP contribution in [0.5, 0.6) is 5.75 Å². The molecule has 6 nitrogen and oxygen atoms in total. The number of nitrogen functional groups attached to an aromatic ring is 1. The first-order valence-corrected chi connectivity index (χ1v) is 6.40. The van der Waals surface area contributed by atoms with Crippen LogP contribution in [0, 0.1) is 5.92 Å². The maximum absolute atomic E-state index is 5.89. The lowest BCUT2D eigenvalue weighted by molar-refractivity contribution is 0.340. The van der Waals surface area contributed by atoms with Crippen LogP contribution in [0.4, 0.5) is 5.69 Å². The Morgan fingerprint density at radius 1 is 1.32 bits per heavy atom. The van der Waals surface area contributed by atoms with E-state index in [2.05, 4.69) is 29.4 Å². The molecule has 2 aromatic rings. The van der Waals surface area contributed by atoms with Crippen LogP contribution in [0.25, 0.3) is 11.4 Å². The molecule has 1 aromatic carbocycles. The summed E-state index contributed by atoms with van der Waals surface area (Å²) in [5.74, 6) is 1.91. The minimum absolute atomic E-state index is 0.467. The van der Waals surface area contributed by atoms with Crippen LogP contribution >= 0.6 is 0 Å². The van der Waals surface area contributed by atoms with Crippen LogP contribution in [-0.2, 0) is 6.54 Å². The van der Waals surface area contributed by atoms with Gasteiger partial charge in [0.25, 0.3) is 0 Å². The van der Waals surface area contributed by atoms with Gasteiger partial charge in [0.05, 0.1) is 6.61 Å². The van der Waals surface area contributed by atoms with Crippen LogP contribution in [-0.4, -0.2) is 26.8 Å². The van der Waals surface area contributed by atoms with Gasteiger partial charge in [-0.05, 0) is 35.4 Å². The number of nitrogens with two attached hydrogens (primary N) is 1. The van der Waals surface area contributed by atoms with Gasteiger partial charge in [-0.1, -0.05) is 13.8 Å². The molecule has 102 valence electrons. The molecule has 0 saturated carbocycles. The topological polar surface area (TPSA) is 78.8 Å². The third-order valence-electron chi connectivity index (χ3n) is 2.57. The first-order chi connectivity index (χ1) is 9.10. The molecule has 0 radical (unpaired) electrons. The summed E-state index contributed by atoms with van der Waals surface area (Å²) in [6, 6.07) is 5.55. The number of anilines is 1. The summed E-state index contributed by atoms with van der Waals surface area (Å²) in [4.78, 5) is 0. The van der Waals surface area contributed by atoms with Crippen LogP contribution in [0.15, 0.2) is 18.2 Å². The fraction of sp³-hybridized carbons (Fsp3) is 0.462. The van der Waals surface area contributed by atoms with Gasteiger partial charge < -0.3 is 10.5 Å². The lowest BCUT2D eigenvalue weighted by Crippen LogP contribution is -2.08. The molecule has 0 aliphatic rings. The number of benzene rings is 1. The van der Waals surface area contributed by atoms with Crippen molar-refractivity contribution in [2.24, 2.45) is 5.92 Å². The van der Waals surface area contributed by atoms with E-state index in [1.165, 1.54) is 0 Å². The zero-order valence-corrected chi connectivity index (χ0v) is 11.5. The van der Waals surface area contributed by atoms with Crippen LogP contribution in [0.1, 0.15) is 20.8 Å². The van der Waals surface area contributed by atoms with E-state index in [0.717, 1.165) is 17.9 Å². The molecular weight excluding hydrogens is 242 g/mol. The molecule has 6 heteroatoms. The normalized spacial score (nSPS) is 10.9. The summed E-state index contributed by atoms with van der Waals surface area (Å²) in [6.07, 6.45) is 0. The van der Waals surface area contributed by atoms with Gasteiger partial charge in [-0.25, -0.2) is 4.68 Å². The Morgan fingerprint density at radius 2 is 2.11 bits per heavy atom. The zero-order valence-electron chi connectivity index (χ0n) is 11.5. The van der Waals surface area contributed by atoms with Crippen molar-refractivity contribution in [3.05, 3.63) is 18.2 Å². The zero-order chi connectivity index (χ0) is 13.8. The number of hydrogen-bond donors (Lipinski definition) is 1. The van der Waals surface area contributed by atoms with Crippen molar-refractivity contribution in [3.63, 3.8) is 0 Å². The first-order valence-electron chi connectivity index (χ1n) is 6.40. The predicted octanol–water partition coefficient (Wildman–Crippen LogP) is 1.98. The van der Waals surface area contributed by atoms with Crippen LogP contribution in [0.2, 0.25) is 0 Å². The molecule has 0 bridgehead atoms. The highest BCUT2D eigenvalue weighted by molar-refractivity contribution is 5.64. The fourth-order valence-electron chi connectivity index (χ4n) is 1.88. The third-order valence-corrected chi connectivity index (χ3v) is 2.57. The Morgan fingerprint density at radius 3 is 2.79 bits per heavy atom. The minimum atomic E-state index is 0.467. The highest BCUT2D eigenvalue weighted by Crippen LogP contribution is 2.26. The fourth-order valence-corrected chi connectivity index (χ4v) is 1.88. The number of rotatable bonds is 5. The van der Waals surface area contributed by atoms with Crippen molar-refractivity contribution >= 4 is 5.69 Å². The summed E-state index contributed by atoms with van der Waals surface area (Å²) in [7, 11) is 0. The van der Waals surface area contributed by atoms with Gasteiger partial charge in [0.1, 0.15) is 5.75 Å². The van der Waals surface area contributed by atoms with Gasteiger partial charge in [0.15, 0.2) is 5.82 Å². The lowest BCUT2D eigenvalue weighted by atomic mass is 10.1. The monoisotopic (exact) mass is 261 g/mol. The molecule has 19 heavy (non-hydrogen) atoms. The molecule has 0 aliphatic carbocycles. The van der Waals surface area contributed by atoms with E-state index in [1.807, 2.05) is 19.1 Å². The summed E-state index contributed by atoms with van der Waals surface area (Å²) in [6.45, 7) is 7.54. The summed E-state index contributed by atoms with van der Waals surface area (Å²) in [5, 5.41) is 11.8. The van der Waals surface area contributed by atoms with Gasteiger partial charge in [0.2, 0.25) is 0 Å². The van der Waals surface area contributed by atoms with E-state index in [9.17, 15) is 0 Å². The summed E-state index contributed by atoms with van der Waals surface area (Å²) < 4.78 is 7.28. The van der Waals surface area contributed by atoms with Crippen molar-refractivity contribution < 1.29 is 4.74 Å².